The van der Waals surface area contributed by atoms with E-state index < -0.39 is 11.8 Å². The highest BCUT2D eigenvalue weighted by molar-refractivity contribution is 8.00. The standard InChI is InChI=1S/C24H22N2O5S/c1-2-30-22(27)16-32-20-12-6-10-18(14-20)25-24(29)21(15-19-11-7-13-31-19)26-23(28)17-8-4-3-5-9-17/h3-15H,2,16H2,1H3,(H,25,29)(H,26,28)/b21-15+. The number of esters is 1. The van der Waals surface area contributed by atoms with E-state index in [9.17, 15) is 14.4 Å². The molecule has 8 heteroatoms. The Kier molecular flexibility index (Phi) is 8.28. The fourth-order valence-electron chi connectivity index (χ4n) is 2.67. The van der Waals surface area contributed by atoms with Crippen molar-refractivity contribution in [2.45, 2.75) is 11.8 Å². The summed E-state index contributed by atoms with van der Waals surface area (Å²) in [6.07, 6.45) is 2.93. The molecule has 2 aromatic carbocycles. The molecule has 0 fully saturated rings. The summed E-state index contributed by atoms with van der Waals surface area (Å²) in [5.74, 6) is -0.654. The maximum absolute atomic E-state index is 13.0. The molecule has 1 aromatic heterocycles. The highest BCUT2D eigenvalue weighted by Gasteiger charge is 2.16. The molecule has 0 atom stereocenters. The summed E-state index contributed by atoms with van der Waals surface area (Å²) in [5.41, 5.74) is 0.963. The fraction of sp³-hybridized carbons (Fsp3) is 0.125. The molecule has 0 aliphatic rings. The zero-order valence-electron chi connectivity index (χ0n) is 17.4. The van der Waals surface area contributed by atoms with Gasteiger partial charge in [-0.25, -0.2) is 0 Å². The van der Waals surface area contributed by atoms with Crippen LogP contribution in [-0.2, 0) is 14.3 Å². The molecule has 1 heterocycles. The number of carbonyl (C=O) groups excluding carboxylic acids is 3. The van der Waals surface area contributed by atoms with Crippen LogP contribution in [0.2, 0.25) is 0 Å². The number of hydrogen-bond acceptors (Lipinski definition) is 6. The molecule has 0 aliphatic heterocycles. The molecule has 0 radical (unpaired) electrons. The Hall–Kier alpha value is -3.78. The molecule has 164 valence electrons. The predicted molar refractivity (Wildman–Crippen MR) is 123 cm³/mol. The van der Waals surface area contributed by atoms with Crippen molar-refractivity contribution in [3.05, 3.63) is 90.0 Å². The van der Waals surface area contributed by atoms with Crippen molar-refractivity contribution in [3.63, 3.8) is 0 Å². The number of rotatable bonds is 9. The largest absolute Gasteiger partial charge is 0.465 e. The Labute approximate surface area is 189 Å². The minimum atomic E-state index is -0.516. The monoisotopic (exact) mass is 450 g/mol. The average Bonchev–Trinajstić information content (AvgIpc) is 3.31. The van der Waals surface area contributed by atoms with Crippen molar-refractivity contribution >= 4 is 41.3 Å². The molecular formula is C24H22N2O5S. The molecule has 0 aliphatic carbocycles. The number of nitrogens with one attached hydrogen (secondary N) is 2. The SMILES string of the molecule is CCOC(=O)CSc1cccc(NC(=O)/C(=C\c2ccco2)NC(=O)c2ccccc2)c1. The third-order valence-corrected chi connectivity index (χ3v) is 5.08. The van der Waals surface area contributed by atoms with Crippen molar-refractivity contribution in [3.8, 4) is 0 Å². The molecule has 32 heavy (non-hydrogen) atoms. The van der Waals surface area contributed by atoms with Crippen LogP contribution in [0, 0.1) is 0 Å². The molecule has 0 saturated heterocycles. The number of ether oxygens (including phenoxy) is 1. The van der Waals surface area contributed by atoms with Gasteiger partial charge in [-0.3, -0.25) is 14.4 Å². The van der Waals surface area contributed by atoms with Gasteiger partial charge in [0.05, 0.1) is 18.6 Å². The summed E-state index contributed by atoms with van der Waals surface area (Å²) in [6, 6.07) is 19.0. The van der Waals surface area contributed by atoms with Crippen LogP contribution >= 0.6 is 11.8 Å². The first-order valence-corrected chi connectivity index (χ1v) is 10.8. The van der Waals surface area contributed by atoms with Gasteiger partial charge in [-0.2, -0.15) is 0 Å². The van der Waals surface area contributed by atoms with Crippen molar-refractivity contribution in [2.24, 2.45) is 0 Å². The lowest BCUT2D eigenvalue weighted by Crippen LogP contribution is -2.30. The highest BCUT2D eigenvalue weighted by atomic mass is 32.2. The molecule has 2 N–H and O–H groups in total. The fourth-order valence-corrected chi connectivity index (χ4v) is 3.42. The Morgan fingerprint density at radius 2 is 1.84 bits per heavy atom. The maximum atomic E-state index is 13.0. The summed E-state index contributed by atoms with van der Waals surface area (Å²) < 4.78 is 10.2. The third-order valence-electron chi connectivity index (χ3n) is 4.11. The van der Waals surface area contributed by atoms with Gasteiger partial charge >= 0.3 is 5.97 Å². The van der Waals surface area contributed by atoms with E-state index in [1.165, 1.54) is 24.1 Å². The van der Waals surface area contributed by atoms with E-state index in [1.807, 2.05) is 6.07 Å². The van der Waals surface area contributed by atoms with Crippen LogP contribution < -0.4 is 10.6 Å². The Morgan fingerprint density at radius 3 is 2.56 bits per heavy atom. The first kappa shape index (κ1) is 22.9. The highest BCUT2D eigenvalue weighted by Crippen LogP contribution is 2.22. The van der Waals surface area contributed by atoms with E-state index in [0.29, 0.717) is 23.6 Å². The normalized spacial score (nSPS) is 11.0. The number of benzene rings is 2. The first-order valence-electron chi connectivity index (χ1n) is 9.86. The van der Waals surface area contributed by atoms with Gasteiger partial charge in [0, 0.05) is 22.2 Å². The van der Waals surface area contributed by atoms with Crippen molar-refractivity contribution < 1.29 is 23.5 Å². The van der Waals surface area contributed by atoms with Crippen LogP contribution in [-0.4, -0.2) is 30.1 Å². The number of amides is 2. The van der Waals surface area contributed by atoms with E-state index in [-0.39, 0.29) is 17.4 Å². The summed E-state index contributed by atoms with van der Waals surface area (Å²) in [4.78, 5) is 37.9. The van der Waals surface area contributed by atoms with Crippen LogP contribution in [0.4, 0.5) is 5.69 Å². The molecule has 2 amide bonds. The van der Waals surface area contributed by atoms with Gasteiger partial charge < -0.3 is 19.8 Å². The molecule has 0 spiro atoms. The van der Waals surface area contributed by atoms with E-state index in [1.54, 1.807) is 67.6 Å². The third kappa shape index (κ3) is 6.88. The van der Waals surface area contributed by atoms with Gasteiger partial charge in [-0.1, -0.05) is 24.3 Å². The number of anilines is 1. The molecule has 0 bridgehead atoms. The van der Waals surface area contributed by atoms with Crippen molar-refractivity contribution in [1.82, 2.24) is 5.32 Å². The van der Waals surface area contributed by atoms with Gasteiger partial charge in [0.15, 0.2) is 0 Å². The Morgan fingerprint density at radius 1 is 1.03 bits per heavy atom. The van der Waals surface area contributed by atoms with Crippen LogP contribution in [0.25, 0.3) is 6.08 Å². The minimum absolute atomic E-state index is 0.0263. The molecule has 3 rings (SSSR count). The number of carbonyl (C=O) groups is 3. The zero-order chi connectivity index (χ0) is 22.8. The van der Waals surface area contributed by atoms with Crippen LogP contribution in [0.3, 0.4) is 0 Å². The topological polar surface area (TPSA) is 97.6 Å². The molecular weight excluding hydrogens is 428 g/mol. The van der Waals surface area contributed by atoms with Crippen molar-refractivity contribution in [2.75, 3.05) is 17.7 Å². The summed E-state index contributed by atoms with van der Waals surface area (Å²) >= 11 is 1.30. The number of furan rings is 1. The smallest absolute Gasteiger partial charge is 0.316 e. The summed E-state index contributed by atoms with van der Waals surface area (Å²) in [5, 5.41) is 5.42. The second-order valence-electron chi connectivity index (χ2n) is 6.47. The van der Waals surface area contributed by atoms with Gasteiger partial charge in [0.2, 0.25) is 0 Å². The zero-order valence-corrected chi connectivity index (χ0v) is 18.2. The van der Waals surface area contributed by atoms with E-state index in [0.717, 1.165) is 4.90 Å². The summed E-state index contributed by atoms with van der Waals surface area (Å²) in [6.45, 7) is 2.08. The lowest BCUT2D eigenvalue weighted by Gasteiger charge is -2.11. The lowest BCUT2D eigenvalue weighted by atomic mass is 10.2. The van der Waals surface area contributed by atoms with Gasteiger partial charge in [-0.15, -0.1) is 11.8 Å². The minimum Gasteiger partial charge on any atom is -0.465 e. The van der Waals surface area contributed by atoms with Crippen LogP contribution in [0.1, 0.15) is 23.0 Å². The quantitative estimate of drug-likeness (QED) is 0.286. The average molecular weight is 451 g/mol. The predicted octanol–water partition coefficient (Wildman–Crippen LogP) is 4.34. The van der Waals surface area contributed by atoms with E-state index in [4.69, 9.17) is 9.15 Å². The Bertz CT molecular complexity index is 1090. The van der Waals surface area contributed by atoms with Gasteiger partial charge in [0.1, 0.15) is 11.5 Å². The molecule has 0 saturated carbocycles. The van der Waals surface area contributed by atoms with Crippen LogP contribution in [0.5, 0.6) is 0 Å². The van der Waals surface area contributed by atoms with Gasteiger partial charge in [0.25, 0.3) is 11.8 Å². The maximum Gasteiger partial charge on any atom is 0.316 e. The van der Waals surface area contributed by atoms with E-state index in [2.05, 4.69) is 10.6 Å². The van der Waals surface area contributed by atoms with Crippen LogP contribution in [0.15, 0.2) is 88.0 Å². The molecule has 7 nitrogen and oxygen atoms in total. The van der Waals surface area contributed by atoms with Gasteiger partial charge in [-0.05, 0) is 49.4 Å². The lowest BCUT2D eigenvalue weighted by molar-refractivity contribution is -0.139. The molecule has 3 aromatic rings. The van der Waals surface area contributed by atoms with Crippen molar-refractivity contribution in [1.29, 1.82) is 0 Å². The Balaban J connectivity index is 1.73. The number of thioether (sulfide) groups is 1. The first-order chi connectivity index (χ1) is 15.5. The molecule has 0 unspecified atom stereocenters. The second kappa shape index (κ2) is 11.6. The second-order valence-corrected chi connectivity index (χ2v) is 7.52. The number of hydrogen-bond donors (Lipinski definition) is 2. The summed E-state index contributed by atoms with van der Waals surface area (Å²) in [7, 11) is 0. The van der Waals surface area contributed by atoms with E-state index >= 15 is 0 Å².